The molecule has 0 saturated heterocycles. The van der Waals surface area contributed by atoms with Crippen molar-refractivity contribution in [3.8, 4) is 22.8 Å². The van der Waals surface area contributed by atoms with Crippen molar-refractivity contribution in [3.05, 3.63) is 65.7 Å². The van der Waals surface area contributed by atoms with E-state index in [-0.39, 0.29) is 17.4 Å². The lowest BCUT2D eigenvalue weighted by atomic mass is 10.1. The fourth-order valence-electron chi connectivity index (χ4n) is 3.06. The second-order valence-corrected chi connectivity index (χ2v) is 6.82. The van der Waals surface area contributed by atoms with Gasteiger partial charge in [-0.3, -0.25) is 4.79 Å². The minimum atomic E-state index is -5.00. The van der Waals surface area contributed by atoms with Gasteiger partial charge in [-0.05, 0) is 42.0 Å². The number of halogens is 4. The number of ether oxygens (including phenoxy) is 2. The number of hydrogen-bond donors (Lipinski definition) is 2. The molecule has 0 fully saturated rings. The second-order valence-electron chi connectivity index (χ2n) is 6.82. The Balaban J connectivity index is 1.62. The van der Waals surface area contributed by atoms with Crippen LogP contribution in [0, 0.1) is 5.82 Å². The Morgan fingerprint density at radius 2 is 2.03 bits per heavy atom. The average Bonchev–Trinajstić information content (AvgIpc) is 3.18. The fourth-order valence-corrected chi connectivity index (χ4v) is 3.06. The highest BCUT2D eigenvalue weighted by molar-refractivity contribution is 5.97. The molecule has 3 heterocycles. The normalized spacial score (nSPS) is 12.8. The SMILES string of the molecule is [2H]C(NC(=O)c1cc(-c2ccn3nc(N)nc3c2)cnc1OC)c1cc(OC(F)(F)F)ccc1F. The number of hydrogen-bond acceptors (Lipinski definition) is 7. The molecule has 3 N–H and O–H groups in total. The molecule has 0 spiro atoms. The summed E-state index contributed by atoms with van der Waals surface area (Å²) in [4.78, 5) is 21.1. The van der Waals surface area contributed by atoms with Crippen molar-refractivity contribution in [2.45, 2.75) is 12.9 Å². The van der Waals surface area contributed by atoms with Crippen LogP contribution in [-0.4, -0.2) is 39.0 Å². The highest BCUT2D eigenvalue weighted by atomic mass is 19.4. The number of nitrogens with two attached hydrogens (primary N) is 1. The molecule has 13 heteroatoms. The van der Waals surface area contributed by atoms with Gasteiger partial charge in [0.2, 0.25) is 11.8 Å². The molecule has 3 aromatic heterocycles. The van der Waals surface area contributed by atoms with Gasteiger partial charge in [0.05, 0.1) is 8.48 Å². The largest absolute Gasteiger partial charge is 0.573 e. The lowest BCUT2D eigenvalue weighted by Crippen LogP contribution is -2.24. The van der Waals surface area contributed by atoms with E-state index >= 15 is 0 Å². The van der Waals surface area contributed by atoms with E-state index < -0.39 is 35.9 Å². The van der Waals surface area contributed by atoms with Crippen molar-refractivity contribution < 1.29 is 33.2 Å². The molecular formula is C21H16F4N6O3. The first-order valence-corrected chi connectivity index (χ1v) is 9.48. The number of carbonyl (C=O) groups excluding carboxylic acids is 1. The summed E-state index contributed by atoms with van der Waals surface area (Å²) in [5, 5.41) is 6.19. The highest BCUT2D eigenvalue weighted by Crippen LogP contribution is 2.27. The van der Waals surface area contributed by atoms with Crippen LogP contribution in [0.15, 0.2) is 48.8 Å². The van der Waals surface area contributed by atoms with Crippen molar-refractivity contribution in [3.63, 3.8) is 0 Å². The van der Waals surface area contributed by atoms with Gasteiger partial charge in [-0.15, -0.1) is 18.3 Å². The topological polar surface area (TPSA) is 117 Å². The number of pyridine rings is 2. The monoisotopic (exact) mass is 477 g/mol. The van der Waals surface area contributed by atoms with E-state index in [9.17, 15) is 22.4 Å². The lowest BCUT2D eigenvalue weighted by molar-refractivity contribution is -0.274. The summed E-state index contributed by atoms with van der Waals surface area (Å²) in [6, 6.07) is 6.92. The fraction of sp³-hybridized carbons (Fsp3) is 0.143. The molecule has 1 amide bonds. The number of amides is 1. The number of nitrogens with one attached hydrogen (secondary N) is 1. The van der Waals surface area contributed by atoms with E-state index in [2.05, 4.69) is 25.1 Å². The van der Waals surface area contributed by atoms with Crippen LogP contribution in [0.2, 0.25) is 0 Å². The van der Waals surface area contributed by atoms with Crippen LogP contribution < -0.4 is 20.5 Å². The third kappa shape index (κ3) is 4.98. The summed E-state index contributed by atoms with van der Waals surface area (Å²) in [6.07, 6.45) is -1.95. The molecule has 0 radical (unpaired) electrons. The van der Waals surface area contributed by atoms with Gasteiger partial charge in [-0.1, -0.05) is 0 Å². The number of alkyl halides is 3. The van der Waals surface area contributed by atoms with Gasteiger partial charge in [-0.2, -0.15) is 4.98 Å². The molecule has 4 rings (SSSR count). The summed E-state index contributed by atoms with van der Waals surface area (Å²) >= 11 is 0. The predicted octanol–water partition coefficient (Wildman–Crippen LogP) is 3.35. The van der Waals surface area contributed by atoms with Crippen LogP contribution >= 0.6 is 0 Å². The maximum Gasteiger partial charge on any atom is 0.573 e. The van der Waals surface area contributed by atoms with E-state index in [1.54, 1.807) is 18.3 Å². The minimum absolute atomic E-state index is 0.0773. The maximum atomic E-state index is 14.2. The molecule has 0 saturated carbocycles. The van der Waals surface area contributed by atoms with Gasteiger partial charge in [0.15, 0.2) is 5.65 Å². The molecule has 1 unspecified atom stereocenters. The second kappa shape index (κ2) is 8.84. The molecule has 176 valence electrons. The molecule has 0 aliphatic heterocycles. The van der Waals surface area contributed by atoms with E-state index in [1.807, 2.05) is 0 Å². The molecule has 0 bridgehead atoms. The number of fused-ring (bicyclic) bond motifs is 1. The Bertz CT molecular complexity index is 1410. The molecule has 1 aromatic carbocycles. The lowest BCUT2D eigenvalue weighted by Gasteiger charge is -2.13. The molecule has 1 atom stereocenters. The number of benzene rings is 1. The van der Waals surface area contributed by atoms with Gasteiger partial charge in [0, 0.05) is 30.0 Å². The zero-order chi connectivity index (χ0) is 25.3. The summed E-state index contributed by atoms with van der Waals surface area (Å²) in [5.41, 5.74) is 6.51. The Morgan fingerprint density at radius 3 is 2.76 bits per heavy atom. The number of nitrogens with zero attached hydrogens (tertiary/aromatic N) is 4. The predicted molar refractivity (Wildman–Crippen MR) is 111 cm³/mol. The van der Waals surface area contributed by atoms with Crippen molar-refractivity contribution in [2.24, 2.45) is 0 Å². The van der Waals surface area contributed by atoms with Crippen LogP contribution in [0.5, 0.6) is 11.6 Å². The molecule has 4 aromatic rings. The number of rotatable bonds is 6. The van der Waals surface area contributed by atoms with Crippen LogP contribution in [0.4, 0.5) is 23.5 Å². The first-order chi connectivity index (χ1) is 16.5. The van der Waals surface area contributed by atoms with E-state index in [0.717, 1.165) is 6.07 Å². The third-order valence-electron chi connectivity index (χ3n) is 4.54. The molecule has 0 aliphatic rings. The van der Waals surface area contributed by atoms with Crippen LogP contribution in [-0.2, 0) is 6.52 Å². The third-order valence-corrected chi connectivity index (χ3v) is 4.54. The molecule has 9 nitrogen and oxygen atoms in total. The zero-order valence-electron chi connectivity index (χ0n) is 18.3. The highest BCUT2D eigenvalue weighted by Gasteiger charge is 2.31. The smallest absolute Gasteiger partial charge is 0.480 e. The van der Waals surface area contributed by atoms with Gasteiger partial charge in [0.25, 0.3) is 5.91 Å². The Kier molecular flexibility index (Phi) is 5.57. The standard InChI is InChI=1S/C21H16F4N6O3/c1-33-19-15(7-12(9-28-19)11-4-5-31-17(8-11)29-20(26)30-31)18(32)27-10-13-6-14(2-3-16(13)22)34-21(23,24)25/h2-9H,10H2,1H3,(H2,26,30)(H,27,32)/i10D. The summed E-state index contributed by atoms with van der Waals surface area (Å²) in [6.45, 7) is -1.76. The summed E-state index contributed by atoms with van der Waals surface area (Å²) in [7, 11) is 1.28. The van der Waals surface area contributed by atoms with E-state index in [0.29, 0.717) is 28.9 Å². The summed E-state index contributed by atoms with van der Waals surface area (Å²) < 4.78 is 70.1. The summed E-state index contributed by atoms with van der Waals surface area (Å²) in [5.74, 6) is -2.61. The maximum absolute atomic E-state index is 14.2. The van der Waals surface area contributed by atoms with Crippen molar-refractivity contribution >= 4 is 17.5 Å². The van der Waals surface area contributed by atoms with Gasteiger partial charge in [0.1, 0.15) is 17.1 Å². The Hall–Kier alpha value is -4.42. The first kappa shape index (κ1) is 21.4. The Morgan fingerprint density at radius 1 is 1.24 bits per heavy atom. The molecule has 0 aliphatic carbocycles. The quantitative estimate of drug-likeness (QED) is 0.409. The number of nitrogen functional groups attached to an aromatic ring is 1. The van der Waals surface area contributed by atoms with Gasteiger partial charge in [-0.25, -0.2) is 13.9 Å². The van der Waals surface area contributed by atoms with Gasteiger partial charge >= 0.3 is 6.36 Å². The molecular weight excluding hydrogens is 460 g/mol. The number of methoxy groups -OCH3 is 1. The van der Waals surface area contributed by atoms with Crippen LogP contribution in [0.25, 0.3) is 16.8 Å². The van der Waals surface area contributed by atoms with Crippen LogP contribution in [0.1, 0.15) is 17.3 Å². The van der Waals surface area contributed by atoms with Crippen LogP contribution in [0.3, 0.4) is 0 Å². The van der Waals surface area contributed by atoms with E-state index in [4.69, 9.17) is 11.8 Å². The van der Waals surface area contributed by atoms with E-state index in [1.165, 1.54) is 23.9 Å². The first-order valence-electron chi connectivity index (χ1n) is 10.1. The minimum Gasteiger partial charge on any atom is -0.480 e. The Labute approximate surface area is 190 Å². The average molecular weight is 477 g/mol. The number of anilines is 1. The van der Waals surface area contributed by atoms with Crippen molar-refractivity contribution in [1.29, 1.82) is 0 Å². The number of carbonyl (C=O) groups is 1. The number of aromatic nitrogens is 4. The van der Waals surface area contributed by atoms with Crippen molar-refractivity contribution in [2.75, 3.05) is 12.8 Å². The van der Waals surface area contributed by atoms with Crippen molar-refractivity contribution in [1.82, 2.24) is 24.9 Å². The zero-order valence-corrected chi connectivity index (χ0v) is 17.3. The van der Waals surface area contributed by atoms with Gasteiger partial charge < -0.3 is 20.5 Å². The molecule has 34 heavy (non-hydrogen) atoms.